The maximum absolute atomic E-state index is 12.1. The molecule has 0 bridgehead atoms. The number of nitrogens with two attached hydrogens (primary N) is 1. The lowest BCUT2D eigenvalue weighted by Crippen LogP contribution is -2.39. The number of carbonyl (C=O) groups is 1. The van der Waals surface area contributed by atoms with Crippen LogP contribution in [0.15, 0.2) is 59.5 Å². The third kappa shape index (κ3) is 7.03. The number of urea groups is 1. The first-order valence-corrected chi connectivity index (χ1v) is 10.5. The van der Waals surface area contributed by atoms with Crippen molar-refractivity contribution < 1.29 is 13.2 Å². The van der Waals surface area contributed by atoms with Crippen LogP contribution in [0.5, 0.6) is 0 Å². The van der Waals surface area contributed by atoms with Crippen LogP contribution in [-0.2, 0) is 23.0 Å². The second-order valence-corrected chi connectivity index (χ2v) is 8.51. The molecule has 0 radical (unpaired) electrons. The van der Waals surface area contributed by atoms with Gasteiger partial charge in [-0.2, -0.15) is 0 Å². The molecule has 0 aliphatic heterocycles. The van der Waals surface area contributed by atoms with Gasteiger partial charge in [0, 0.05) is 13.1 Å². The van der Waals surface area contributed by atoms with Crippen LogP contribution in [0.3, 0.4) is 0 Å². The summed E-state index contributed by atoms with van der Waals surface area (Å²) < 4.78 is 22.8. The van der Waals surface area contributed by atoms with Crippen molar-refractivity contribution in [3.05, 3.63) is 65.7 Å². The molecule has 2 rings (SSSR count). The predicted octanol–water partition coefficient (Wildman–Crippen LogP) is 2.65. The lowest BCUT2D eigenvalue weighted by molar-refractivity contribution is 0.236. The van der Waals surface area contributed by atoms with Crippen molar-refractivity contribution in [2.24, 2.45) is 17.0 Å². The first kappa shape index (κ1) is 20.9. The van der Waals surface area contributed by atoms with Gasteiger partial charge >= 0.3 is 6.03 Å². The molecule has 0 heterocycles. The molecule has 0 saturated carbocycles. The van der Waals surface area contributed by atoms with Crippen LogP contribution < -0.4 is 15.8 Å². The van der Waals surface area contributed by atoms with E-state index in [1.54, 1.807) is 12.1 Å². The maximum atomic E-state index is 12.1. The van der Waals surface area contributed by atoms with E-state index < -0.39 is 10.0 Å². The number of hydrogen-bond acceptors (Lipinski definition) is 3. The Morgan fingerprint density at radius 3 is 2.30 bits per heavy atom. The van der Waals surface area contributed by atoms with Gasteiger partial charge in [-0.1, -0.05) is 56.3 Å². The average Bonchev–Trinajstić information content (AvgIpc) is 2.63. The predicted molar refractivity (Wildman–Crippen MR) is 107 cm³/mol. The molecule has 27 heavy (non-hydrogen) atoms. The van der Waals surface area contributed by atoms with Crippen molar-refractivity contribution in [2.75, 3.05) is 6.54 Å². The van der Waals surface area contributed by atoms with Crippen LogP contribution in [0.4, 0.5) is 4.79 Å². The molecule has 2 aromatic carbocycles. The molecule has 0 spiro atoms. The van der Waals surface area contributed by atoms with E-state index in [9.17, 15) is 13.2 Å². The van der Waals surface area contributed by atoms with Crippen LogP contribution in [0.25, 0.3) is 0 Å². The van der Waals surface area contributed by atoms with Crippen molar-refractivity contribution in [3.8, 4) is 0 Å². The van der Waals surface area contributed by atoms with E-state index in [4.69, 9.17) is 5.14 Å². The normalized spacial score (nSPS) is 12.6. The summed E-state index contributed by atoms with van der Waals surface area (Å²) in [6.07, 6.45) is 0.898. The molecule has 0 saturated heterocycles. The summed E-state index contributed by atoms with van der Waals surface area (Å²) in [5.41, 5.74) is 1.92. The van der Waals surface area contributed by atoms with Crippen molar-refractivity contribution >= 4 is 16.1 Å². The van der Waals surface area contributed by atoms with Crippen LogP contribution in [-0.4, -0.2) is 21.0 Å². The zero-order valence-electron chi connectivity index (χ0n) is 15.7. The molecule has 0 aromatic heterocycles. The highest BCUT2D eigenvalue weighted by atomic mass is 32.2. The van der Waals surface area contributed by atoms with Gasteiger partial charge in [-0.05, 0) is 41.5 Å². The number of carbonyl (C=O) groups excluding carboxylic acids is 1. The lowest BCUT2D eigenvalue weighted by Gasteiger charge is -2.21. The molecule has 0 fully saturated rings. The molecule has 0 aliphatic rings. The first-order chi connectivity index (χ1) is 12.8. The number of rotatable bonds is 8. The Morgan fingerprint density at radius 1 is 1.00 bits per heavy atom. The largest absolute Gasteiger partial charge is 0.338 e. The maximum Gasteiger partial charge on any atom is 0.315 e. The van der Waals surface area contributed by atoms with E-state index in [0.29, 0.717) is 23.9 Å². The summed E-state index contributed by atoms with van der Waals surface area (Å²) in [5, 5.41) is 10.8. The summed E-state index contributed by atoms with van der Waals surface area (Å²) in [4.78, 5) is 12.1. The molecule has 146 valence electrons. The molecule has 7 heteroatoms. The Bertz CT molecular complexity index is 852. The monoisotopic (exact) mass is 389 g/mol. The minimum absolute atomic E-state index is 0.0324. The first-order valence-electron chi connectivity index (χ1n) is 8.93. The van der Waals surface area contributed by atoms with E-state index in [2.05, 4.69) is 36.6 Å². The highest BCUT2D eigenvalue weighted by Gasteiger charge is 2.15. The fourth-order valence-electron chi connectivity index (χ4n) is 2.76. The van der Waals surface area contributed by atoms with Gasteiger partial charge in [-0.25, -0.2) is 18.4 Å². The molecule has 2 aromatic rings. The molecule has 0 aliphatic carbocycles. The van der Waals surface area contributed by atoms with Gasteiger partial charge in [0.15, 0.2) is 0 Å². The molecule has 6 nitrogen and oxygen atoms in total. The minimum Gasteiger partial charge on any atom is -0.338 e. The Labute approximate surface area is 161 Å². The van der Waals surface area contributed by atoms with Crippen molar-refractivity contribution in [1.29, 1.82) is 0 Å². The number of benzene rings is 2. The molecule has 2 amide bonds. The summed E-state index contributed by atoms with van der Waals surface area (Å²) in [6, 6.07) is 16.1. The quantitative estimate of drug-likeness (QED) is 0.647. The zero-order valence-corrected chi connectivity index (χ0v) is 16.5. The van der Waals surface area contributed by atoms with Crippen LogP contribution >= 0.6 is 0 Å². The number of amides is 2. The molecular formula is C20H27N3O3S. The van der Waals surface area contributed by atoms with Crippen molar-refractivity contribution in [1.82, 2.24) is 10.6 Å². The summed E-state index contributed by atoms with van der Waals surface area (Å²) in [5.74, 6) is 0.751. The van der Waals surface area contributed by atoms with Gasteiger partial charge in [0.05, 0.1) is 4.90 Å². The Hall–Kier alpha value is -2.38. The van der Waals surface area contributed by atoms with Gasteiger partial charge in [0.1, 0.15) is 0 Å². The van der Waals surface area contributed by atoms with E-state index in [1.165, 1.54) is 17.7 Å². The topological polar surface area (TPSA) is 101 Å². The van der Waals surface area contributed by atoms with Crippen LogP contribution in [0, 0.1) is 11.8 Å². The van der Waals surface area contributed by atoms with Gasteiger partial charge in [-0.3, -0.25) is 0 Å². The smallest absolute Gasteiger partial charge is 0.315 e. The average molecular weight is 390 g/mol. The molecule has 0 unspecified atom stereocenters. The van der Waals surface area contributed by atoms with Crippen molar-refractivity contribution in [2.45, 2.75) is 31.7 Å². The van der Waals surface area contributed by atoms with Crippen LogP contribution in [0.2, 0.25) is 0 Å². The zero-order chi connectivity index (χ0) is 19.9. The molecule has 4 N–H and O–H groups in total. The van der Waals surface area contributed by atoms with Crippen molar-refractivity contribution in [3.63, 3.8) is 0 Å². The molecular weight excluding hydrogens is 362 g/mol. The number of sulfonamides is 1. The van der Waals surface area contributed by atoms with Gasteiger partial charge < -0.3 is 10.6 Å². The highest BCUT2D eigenvalue weighted by Crippen LogP contribution is 2.16. The highest BCUT2D eigenvalue weighted by molar-refractivity contribution is 7.89. The SMILES string of the molecule is CC(C)[C@@H](CNC(=O)NCc1cccc(S(N)(=O)=O)c1)Cc1ccccc1. The Balaban J connectivity index is 1.86. The van der Waals surface area contributed by atoms with Gasteiger partial charge in [0.25, 0.3) is 0 Å². The fourth-order valence-corrected chi connectivity index (χ4v) is 3.35. The standard InChI is InChI=1S/C20H27N3O3S/c1-15(2)18(11-16-7-4-3-5-8-16)14-23-20(24)22-13-17-9-6-10-19(12-17)27(21,25)26/h3-10,12,15,18H,11,13-14H2,1-2H3,(H2,21,25,26)(H2,22,23,24)/t18-/m1/s1. The van der Waals surface area contributed by atoms with E-state index in [-0.39, 0.29) is 17.5 Å². The molecule has 1 atom stereocenters. The van der Waals surface area contributed by atoms with Gasteiger partial charge in [-0.15, -0.1) is 0 Å². The number of nitrogens with one attached hydrogen (secondary N) is 2. The van der Waals surface area contributed by atoms with Gasteiger partial charge in [0.2, 0.25) is 10.0 Å². The van der Waals surface area contributed by atoms with E-state index >= 15 is 0 Å². The summed E-state index contributed by atoms with van der Waals surface area (Å²) in [6.45, 7) is 5.08. The fraction of sp³-hybridized carbons (Fsp3) is 0.350. The summed E-state index contributed by atoms with van der Waals surface area (Å²) >= 11 is 0. The Morgan fingerprint density at radius 2 is 1.67 bits per heavy atom. The number of hydrogen-bond donors (Lipinski definition) is 3. The second-order valence-electron chi connectivity index (χ2n) is 6.95. The summed E-state index contributed by atoms with van der Waals surface area (Å²) in [7, 11) is -3.75. The van der Waals surface area contributed by atoms with Crippen LogP contribution in [0.1, 0.15) is 25.0 Å². The minimum atomic E-state index is -3.75. The van der Waals surface area contributed by atoms with E-state index in [1.807, 2.05) is 18.2 Å². The lowest BCUT2D eigenvalue weighted by atomic mass is 9.89. The third-order valence-corrected chi connectivity index (χ3v) is 5.40. The Kier molecular flexibility index (Phi) is 7.38. The number of primary sulfonamides is 1. The van der Waals surface area contributed by atoms with E-state index in [0.717, 1.165) is 6.42 Å². The third-order valence-electron chi connectivity index (χ3n) is 4.49. The second kappa shape index (κ2) is 9.53.